The molecule has 6 heteroatoms. The van der Waals surface area contributed by atoms with Crippen molar-refractivity contribution in [2.75, 3.05) is 11.5 Å². The van der Waals surface area contributed by atoms with Gasteiger partial charge in [0.2, 0.25) is 5.91 Å². The molecule has 1 fully saturated rings. The Kier molecular flexibility index (Phi) is 5.52. The van der Waals surface area contributed by atoms with Crippen molar-refractivity contribution >= 4 is 23.4 Å². The summed E-state index contributed by atoms with van der Waals surface area (Å²) in [4.78, 5) is 20.1. The van der Waals surface area contributed by atoms with Crippen LogP contribution in [0.2, 0.25) is 0 Å². The molecule has 0 radical (unpaired) electrons. The van der Waals surface area contributed by atoms with E-state index < -0.39 is 0 Å². The van der Waals surface area contributed by atoms with Gasteiger partial charge in [0.25, 0.3) is 0 Å². The van der Waals surface area contributed by atoms with Crippen LogP contribution in [0, 0.1) is 13.8 Å². The molecule has 0 unspecified atom stereocenters. The van der Waals surface area contributed by atoms with E-state index in [4.69, 9.17) is 9.72 Å². The third kappa shape index (κ3) is 3.60. The van der Waals surface area contributed by atoms with Gasteiger partial charge in [-0.1, -0.05) is 30.0 Å². The summed E-state index contributed by atoms with van der Waals surface area (Å²) in [6.45, 7) is 9.93. The summed E-state index contributed by atoms with van der Waals surface area (Å²) < 4.78 is 8.07. The minimum Gasteiger partial charge on any atom is -0.376 e. The number of carbonyl (C=O) groups is 1. The summed E-state index contributed by atoms with van der Waals surface area (Å²) in [5.74, 6) is 0.157. The number of rotatable bonds is 5. The molecule has 150 valence electrons. The quantitative estimate of drug-likeness (QED) is 0.709. The van der Waals surface area contributed by atoms with Gasteiger partial charge < -0.3 is 14.2 Å². The summed E-state index contributed by atoms with van der Waals surface area (Å²) in [6, 6.07) is 8.43. The van der Waals surface area contributed by atoms with Crippen LogP contribution in [0.5, 0.6) is 0 Å². The smallest absolute Gasteiger partial charge is 0.240 e. The van der Waals surface area contributed by atoms with Crippen LogP contribution >= 0.6 is 11.8 Å². The van der Waals surface area contributed by atoms with Crippen LogP contribution in [-0.4, -0.2) is 39.5 Å². The molecule has 0 N–H and O–H groups in total. The van der Waals surface area contributed by atoms with Gasteiger partial charge in [-0.15, -0.1) is 0 Å². The van der Waals surface area contributed by atoms with Gasteiger partial charge in [0.15, 0.2) is 5.16 Å². The Hall–Kier alpha value is -1.79. The highest BCUT2D eigenvalue weighted by Crippen LogP contribution is 2.35. The molecule has 5 nitrogen and oxygen atoms in total. The lowest BCUT2D eigenvalue weighted by atomic mass is 10.1. The molecule has 28 heavy (non-hydrogen) atoms. The average Bonchev–Trinajstić information content (AvgIpc) is 3.36. The molecule has 0 saturated carbocycles. The van der Waals surface area contributed by atoms with Crippen molar-refractivity contribution in [2.24, 2.45) is 0 Å². The highest BCUT2D eigenvalue weighted by Gasteiger charge is 2.34. The van der Waals surface area contributed by atoms with E-state index in [2.05, 4.69) is 30.5 Å². The Balaban J connectivity index is 1.53. The van der Waals surface area contributed by atoms with Crippen LogP contribution in [0.3, 0.4) is 0 Å². The zero-order valence-corrected chi connectivity index (χ0v) is 18.0. The first-order chi connectivity index (χ1) is 13.5. The number of carbonyl (C=O) groups excluding carboxylic acids is 1. The fraction of sp³-hybridized carbons (Fsp3) is 0.545. The number of nitrogens with zero attached hydrogens (tertiary/aromatic N) is 3. The van der Waals surface area contributed by atoms with E-state index in [0.29, 0.717) is 0 Å². The monoisotopic (exact) mass is 399 g/mol. The first kappa shape index (κ1) is 19.5. The van der Waals surface area contributed by atoms with Crippen LogP contribution in [-0.2, 0) is 22.5 Å². The number of hydrogen-bond acceptors (Lipinski definition) is 4. The van der Waals surface area contributed by atoms with E-state index in [1.807, 2.05) is 30.9 Å². The molecule has 0 bridgehead atoms. The number of aromatic nitrogens is 2. The molecule has 0 spiro atoms. The van der Waals surface area contributed by atoms with Crippen LogP contribution in [0.4, 0.5) is 5.69 Å². The van der Waals surface area contributed by atoms with Crippen molar-refractivity contribution in [1.82, 2.24) is 9.55 Å². The van der Waals surface area contributed by atoms with Crippen LogP contribution in [0.1, 0.15) is 43.6 Å². The fourth-order valence-corrected chi connectivity index (χ4v) is 5.29. The van der Waals surface area contributed by atoms with Gasteiger partial charge in [0.05, 0.1) is 23.6 Å². The predicted octanol–water partition coefficient (Wildman–Crippen LogP) is 4.14. The largest absolute Gasteiger partial charge is 0.376 e. The molecule has 2 aliphatic heterocycles. The zero-order chi connectivity index (χ0) is 19.8. The van der Waals surface area contributed by atoms with Crippen molar-refractivity contribution in [3.8, 4) is 0 Å². The first-order valence-electron chi connectivity index (χ1n) is 10.2. The lowest BCUT2D eigenvalue weighted by Gasteiger charge is -2.26. The van der Waals surface area contributed by atoms with E-state index in [9.17, 15) is 4.79 Å². The third-order valence-corrected chi connectivity index (χ3v) is 6.99. The number of para-hydroxylation sites is 1. The molecular formula is C22H29N3O2S. The van der Waals surface area contributed by atoms with Crippen molar-refractivity contribution in [3.63, 3.8) is 0 Å². The average molecular weight is 400 g/mol. The summed E-state index contributed by atoms with van der Waals surface area (Å²) in [5.41, 5.74) is 4.51. The van der Waals surface area contributed by atoms with Gasteiger partial charge in [-0.2, -0.15) is 0 Å². The number of fused-ring (bicyclic) bond motifs is 1. The molecule has 3 atom stereocenters. The first-order valence-corrected chi connectivity index (χ1v) is 11.1. The summed E-state index contributed by atoms with van der Waals surface area (Å²) in [7, 11) is 0. The SMILES string of the molecule is Cc1nc(S[C@H](C)C(=O)N2c3ccccc3C[C@@H]2C)n(C[C@H]2CCCO2)c1C. The van der Waals surface area contributed by atoms with Crippen molar-refractivity contribution in [3.05, 3.63) is 41.2 Å². The Morgan fingerprint density at radius 3 is 2.89 bits per heavy atom. The Bertz CT molecular complexity index is 873. The van der Waals surface area contributed by atoms with Gasteiger partial charge in [0, 0.05) is 24.0 Å². The maximum atomic E-state index is 13.3. The van der Waals surface area contributed by atoms with Crippen molar-refractivity contribution in [1.29, 1.82) is 0 Å². The number of ether oxygens (including phenoxy) is 1. The number of aryl methyl sites for hydroxylation is 1. The normalized spacial score (nSPS) is 22.5. The van der Waals surface area contributed by atoms with Crippen molar-refractivity contribution < 1.29 is 9.53 Å². The molecule has 2 aromatic rings. The Labute approximate surface area is 171 Å². The Morgan fingerprint density at radius 2 is 2.14 bits per heavy atom. The molecule has 1 amide bonds. The van der Waals surface area contributed by atoms with Gasteiger partial charge in [-0.25, -0.2) is 4.98 Å². The second-order valence-corrected chi connectivity index (χ2v) is 9.27. The molecule has 1 aromatic carbocycles. The fourth-order valence-electron chi connectivity index (χ4n) is 4.23. The van der Waals surface area contributed by atoms with Gasteiger partial charge in [-0.05, 0) is 58.6 Å². The lowest BCUT2D eigenvalue weighted by Crippen LogP contribution is -2.40. The number of hydrogen-bond donors (Lipinski definition) is 0. The van der Waals surface area contributed by atoms with E-state index in [-0.39, 0.29) is 23.3 Å². The maximum absolute atomic E-state index is 13.3. The summed E-state index contributed by atoms with van der Waals surface area (Å²) in [6.07, 6.45) is 3.40. The summed E-state index contributed by atoms with van der Waals surface area (Å²) in [5, 5.41) is 0.726. The molecular weight excluding hydrogens is 370 g/mol. The van der Waals surface area contributed by atoms with Gasteiger partial charge >= 0.3 is 0 Å². The zero-order valence-electron chi connectivity index (χ0n) is 17.1. The lowest BCUT2D eigenvalue weighted by molar-refractivity contribution is -0.118. The van der Waals surface area contributed by atoms with E-state index in [0.717, 1.165) is 54.6 Å². The minimum atomic E-state index is -0.196. The second-order valence-electron chi connectivity index (χ2n) is 7.96. The molecule has 2 aliphatic rings. The number of imidazole rings is 1. The maximum Gasteiger partial charge on any atom is 0.240 e. The Morgan fingerprint density at radius 1 is 1.36 bits per heavy atom. The van der Waals surface area contributed by atoms with Crippen LogP contribution in [0.15, 0.2) is 29.4 Å². The van der Waals surface area contributed by atoms with Crippen LogP contribution < -0.4 is 4.90 Å². The molecule has 0 aliphatic carbocycles. The molecule has 1 saturated heterocycles. The van der Waals surface area contributed by atoms with Gasteiger partial charge in [0.1, 0.15) is 0 Å². The predicted molar refractivity (Wildman–Crippen MR) is 113 cm³/mol. The molecule has 4 rings (SSSR count). The van der Waals surface area contributed by atoms with Gasteiger partial charge in [-0.3, -0.25) is 4.79 Å². The topological polar surface area (TPSA) is 47.4 Å². The van der Waals surface area contributed by atoms with Crippen molar-refractivity contribution in [2.45, 2.75) is 76.1 Å². The number of thioether (sulfide) groups is 1. The molecule has 3 heterocycles. The highest BCUT2D eigenvalue weighted by molar-refractivity contribution is 8.00. The number of amides is 1. The van der Waals surface area contributed by atoms with E-state index >= 15 is 0 Å². The number of benzene rings is 1. The summed E-state index contributed by atoms with van der Waals surface area (Å²) >= 11 is 1.57. The molecule has 1 aromatic heterocycles. The second kappa shape index (κ2) is 7.91. The number of anilines is 1. The van der Waals surface area contributed by atoms with E-state index in [1.54, 1.807) is 11.8 Å². The van der Waals surface area contributed by atoms with Crippen LogP contribution in [0.25, 0.3) is 0 Å². The third-order valence-electron chi connectivity index (χ3n) is 5.91. The minimum absolute atomic E-state index is 0.157. The standard InChI is InChI=1S/C22H29N3O2S/c1-14-12-18-8-5-6-10-20(18)25(14)21(26)17(4)28-22-23-15(2)16(3)24(22)13-19-9-7-11-27-19/h5-6,8,10,14,17,19H,7,9,11-13H2,1-4H3/t14-,17+,19+/m0/s1. The highest BCUT2D eigenvalue weighted by atomic mass is 32.2. The van der Waals surface area contributed by atoms with E-state index in [1.165, 1.54) is 5.56 Å².